The Hall–Kier alpha value is -1.64. The molecule has 0 saturated carbocycles. The molecule has 0 aliphatic carbocycles. The number of benzene rings is 1. The fraction of sp³-hybridized carbons (Fsp3) is 0.273. The molecule has 0 spiro atoms. The number of phenolic OH excluding ortho intramolecular Hbond substituents is 1. The minimum absolute atomic E-state index is 0.247. The molecule has 1 N–H and O–H groups in total. The molecule has 76 valence electrons. The maximum Gasteiger partial charge on any atom is 0.122 e. The highest BCUT2D eigenvalue weighted by Gasteiger charge is 1.99. The Morgan fingerprint density at radius 2 is 2.21 bits per heavy atom. The summed E-state index contributed by atoms with van der Waals surface area (Å²) in [5.41, 5.74) is 0.906. The van der Waals surface area contributed by atoms with Crippen LogP contribution in [0.3, 0.4) is 0 Å². The summed E-state index contributed by atoms with van der Waals surface area (Å²) in [4.78, 5) is 0. The number of phenols is 1. The number of ether oxygens (including phenoxy) is 2. The van der Waals surface area contributed by atoms with E-state index >= 15 is 0 Å². The second-order valence-electron chi connectivity index (χ2n) is 2.84. The molecule has 3 nitrogen and oxygen atoms in total. The van der Waals surface area contributed by atoms with E-state index in [-0.39, 0.29) is 5.75 Å². The smallest absolute Gasteiger partial charge is 0.122 e. The number of aromatic hydroxyl groups is 1. The lowest BCUT2D eigenvalue weighted by atomic mass is 10.2. The first-order valence-electron chi connectivity index (χ1n) is 4.39. The van der Waals surface area contributed by atoms with Crippen LogP contribution in [0.5, 0.6) is 11.5 Å². The van der Waals surface area contributed by atoms with Gasteiger partial charge in [-0.25, -0.2) is 0 Å². The van der Waals surface area contributed by atoms with E-state index in [0.717, 1.165) is 11.3 Å². The summed E-state index contributed by atoms with van der Waals surface area (Å²) in [6, 6.07) is 4.99. The van der Waals surface area contributed by atoms with Gasteiger partial charge in [-0.05, 0) is 30.7 Å². The van der Waals surface area contributed by atoms with E-state index in [9.17, 15) is 0 Å². The molecule has 0 heterocycles. The van der Waals surface area contributed by atoms with Crippen LogP contribution in [0.2, 0.25) is 0 Å². The lowest BCUT2D eigenvalue weighted by molar-refractivity contribution is 0.179. The Balaban J connectivity index is 2.46. The third-order valence-electron chi connectivity index (χ3n) is 1.74. The Kier molecular flexibility index (Phi) is 3.85. The Morgan fingerprint density at radius 1 is 1.43 bits per heavy atom. The fourth-order valence-corrected chi connectivity index (χ4v) is 1.08. The van der Waals surface area contributed by atoms with Crippen molar-refractivity contribution in [1.82, 2.24) is 0 Å². The predicted molar refractivity (Wildman–Crippen MR) is 54.5 cm³/mol. The van der Waals surface area contributed by atoms with Crippen molar-refractivity contribution in [2.45, 2.75) is 6.92 Å². The minimum atomic E-state index is 0.247. The summed E-state index contributed by atoms with van der Waals surface area (Å²) in [6.45, 7) is 6.25. The Morgan fingerprint density at radius 3 is 2.86 bits per heavy atom. The monoisotopic (exact) mass is 194 g/mol. The summed E-state index contributed by atoms with van der Waals surface area (Å²) in [7, 11) is 0. The molecule has 0 fully saturated rings. The summed E-state index contributed by atoms with van der Waals surface area (Å²) in [6.07, 6.45) is 1.38. The standard InChI is InChI=1S/C11H14O3/c1-3-13-6-7-14-11-5-4-10(12)8-9(11)2/h3-5,8,12H,1,6-7H2,2H3. The van der Waals surface area contributed by atoms with Gasteiger partial charge in [0.15, 0.2) is 0 Å². The highest BCUT2D eigenvalue weighted by Crippen LogP contribution is 2.21. The first-order valence-corrected chi connectivity index (χ1v) is 4.39. The topological polar surface area (TPSA) is 38.7 Å². The van der Waals surface area contributed by atoms with Crippen molar-refractivity contribution in [3.8, 4) is 11.5 Å². The van der Waals surface area contributed by atoms with Gasteiger partial charge >= 0.3 is 0 Å². The van der Waals surface area contributed by atoms with E-state index in [1.165, 1.54) is 6.26 Å². The second kappa shape index (κ2) is 5.17. The van der Waals surface area contributed by atoms with Crippen molar-refractivity contribution in [3.63, 3.8) is 0 Å². The quantitative estimate of drug-likeness (QED) is 0.577. The molecular weight excluding hydrogens is 180 g/mol. The van der Waals surface area contributed by atoms with E-state index < -0.39 is 0 Å². The van der Waals surface area contributed by atoms with Crippen LogP contribution in [0.4, 0.5) is 0 Å². The lowest BCUT2D eigenvalue weighted by Crippen LogP contribution is -2.04. The molecule has 0 aliphatic heterocycles. The first kappa shape index (κ1) is 10.4. The van der Waals surface area contributed by atoms with Crippen LogP contribution >= 0.6 is 0 Å². The van der Waals surface area contributed by atoms with E-state index in [2.05, 4.69) is 6.58 Å². The third kappa shape index (κ3) is 3.01. The molecule has 0 saturated heterocycles. The van der Waals surface area contributed by atoms with Gasteiger partial charge in [-0.1, -0.05) is 6.58 Å². The molecule has 0 bridgehead atoms. The zero-order valence-corrected chi connectivity index (χ0v) is 8.19. The minimum Gasteiger partial charge on any atom is -0.508 e. The van der Waals surface area contributed by atoms with Gasteiger partial charge < -0.3 is 14.6 Å². The fourth-order valence-electron chi connectivity index (χ4n) is 1.08. The van der Waals surface area contributed by atoms with Crippen molar-refractivity contribution in [3.05, 3.63) is 36.6 Å². The number of rotatable bonds is 5. The van der Waals surface area contributed by atoms with Crippen LogP contribution in [0.15, 0.2) is 31.0 Å². The van der Waals surface area contributed by atoms with Crippen LogP contribution in [0.1, 0.15) is 5.56 Å². The predicted octanol–water partition coefficient (Wildman–Crippen LogP) is 2.24. The third-order valence-corrected chi connectivity index (χ3v) is 1.74. The van der Waals surface area contributed by atoms with Gasteiger partial charge in [0.1, 0.15) is 24.7 Å². The molecule has 14 heavy (non-hydrogen) atoms. The average molecular weight is 194 g/mol. The molecular formula is C11H14O3. The Bertz CT molecular complexity index is 307. The zero-order valence-electron chi connectivity index (χ0n) is 8.19. The second-order valence-corrected chi connectivity index (χ2v) is 2.84. The normalized spacial score (nSPS) is 9.50. The van der Waals surface area contributed by atoms with Gasteiger partial charge in [0.25, 0.3) is 0 Å². The van der Waals surface area contributed by atoms with Crippen LogP contribution in [0, 0.1) is 6.92 Å². The first-order chi connectivity index (χ1) is 6.74. The van der Waals surface area contributed by atoms with E-state index in [4.69, 9.17) is 14.6 Å². The molecule has 3 heteroatoms. The zero-order chi connectivity index (χ0) is 10.4. The van der Waals surface area contributed by atoms with Crippen molar-refractivity contribution in [1.29, 1.82) is 0 Å². The van der Waals surface area contributed by atoms with Crippen LogP contribution < -0.4 is 4.74 Å². The van der Waals surface area contributed by atoms with Crippen molar-refractivity contribution in [2.75, 3.05) is 13.2 Å². The Labute approximate surface area is 83.6 Å². The molecule has 0 aliphatic rings. The number of hydrogen-bond acceptors (Lipinski definition) is 3. The molecule has 1 aromatic carbocycles. The SMILES string of the molecule is C=COCCOc1ccc(O)cc1C. The van der Waals surface area contributed by atoms with Gasteiger partial charge in [-0.15, -0.1) is 0 Å². The van der Waals surface area contributed by atoms with Gasteiger partial charge in [0.05, 0.1) is 6.26 Å². The van der Waals surface area contributed by atoms with E-state index in [0.29, 0.717) is 13.2 Å². The van der Waals surface area contributed by atoms with Gasteiger partial charge in [-0.2, -0.15) is 0 Å². The van der Waals surface area contributed by atoms with Crippen LogP contribution in [-0.4, -0.2) is 18.3 Å². The van der Waals surface area contributed by atoms with Crippen molar-refractivity contribution in [2.24, 2.45) is 0 Å². The summed E-state index contributed by atoms with van der Waals surface area (Å²) < 4.78 is 10.3. The number of hydrogen-bond donors (Lipinski definition) is 1. The molecule has 0 unspecified atom stereocenters. The van der Waals surface area contributed by atoms with Gasteiger partial charge in [0.2, 0.25) is 0 Å². The molecule has 0 radical (unpaired) electrons. The average Bonchev–Trinajstić information content (AvgIpc) is 2.15. The molecule has 0 amide bonds. The lowest BCUT2D eigenvalue weighted by Gasteiger charge is -2.08. The van der Waals surface area contributed by atoms with E-state index in [1.54, 1.807) is 18.2 Å². The number of aryl methyl sites for hydroxylation is 1. The maximum atomic E-state index is 9.15. The molecule has 0 aromatic heterocycles. The maximum absolute atomic E-state index is 9.15. The largest absolute Gasteiger partial charge is 0.508 e. The molecule has 0 atom stereocenters. The van der Waals surface area contributed by atoms with Crippen molar-refractivity contribution < 1.29 is 14.6 Å². The summed E-state index contributed by atoms with van der Waals surface area (Å²) >= 11 is 0. The molecule has 1 rings (SSSR count). The highest BCUT2D eigenvalue weighted by molar-refractivity contribution is 5.38. The van der Waals surface area contributed by atoms with Gasteiger partial charge in [0, 0.05) is 0 Å². The highest BCUT2D eigenvalue weighted by atomic mass is 16.5. The van der Waals surface area contributed by atoms with Crippen LogP contribution in [0.25, 0.3) is 0 Å². The van der Waals surface area contributed by atoms with E-state index in [1.807, 2.05) is 6.92 Å². The van der Waals surface area contributed by atoms with Gasteiger partial charge in [-0.3, -0.25) is 0 Å². The summed E-state index contributed by atoms with van der Waals surface area (Å²) in [5.74, 6) is 1.01. The molecule has 1 aromatic rings. The van der Waals surface area contributed by atoms with Crippen LogP contribution in [-0.2, 0) is 4.74 Å². The van der Waals surface area contributed by atoms with Crippen molar-refractivity contribution >= 4 is 0 Å². The summed E-state index contributed by atoms with van der Waals surface area (Å²) in [5, 5.41) is 9.15.